The number of benzene rings is 1. The number of anilines is 1. The summed E-state index contributed by atoms with van der Waals surface area (Å²) in [6.45, 7) is 5.17. The van der Waals surface area contributed by atoms with Crippen LogP contribution in [0.25, 0.3) is 0 Å². The summed E-state index contributed by atoms with van der Waals surface area (Å²) in [5.74, 6) is 2.71. The minimum absolute atomic E-state index is 0.0191. The fourth-order valence-electron chi connectivity index (χ4n) is 4.24. The summed E-state index contributed by atoms with van der Waals surface area (Å²) in [6, 6.07) is 5.97. The number of piperazine rings is 1. The Morgan fingerprint density at radius 3 is 2.32 bits per heavy atom. The van der Waals surface area contributed by atoms with Gasteiger partial charge in [-0.25, -0.2) is 5.26 Å². The molecule has 0 radical (unpaired) electrons. The smallest absolute Gasteiger partial charge is 0.267 e. The zero-order chi connectivity index (χ0) is 20.3. The van der Waals surface area contributed by atoms with E-state index >= 15 is 0 Å². The highest BCUT2D eigenvalue weighted by Crippen LogP contribution is 2.28. The molecule has 148 valence electrons. The molecule has 2 amide bonds. The van der Waals surface area contributed by atoms with E-state index in [1.54, 1.807) is 19.0 Å². The molecule has 0 spiro atoms. The summed E-state index contributed by atoms with van der Waals surface area (Å²) in [5.41, 5.74) is 2.81. The zero-order valence-electron chi connectivity index (χ0n) is 17.1. The van der Waals surface area contributed by atoms with Gasteiger partial charge in [0.2, 0.25) is 5.91 Å². The molecule has 0 saturated carbocycles. The zero-order valence-corrected chi connectivity index (χ0v) is 17.1. The lowest BCUT2D eigenvalue weighted by atomic mass is 9.42. The molecule has 6 nitrogen and oxygen atoms in total. The first kappa shape index (κ1) is 20.3. The van der Waals surface area contributed by atoms with Crippen LogP contribution < -0.4 is 4.90 Å². The molecule has 0 aliphatic carbocycles. The first-order valence-corrected chi connectivity index (χ1v) is 10.2. The van der Waals surface area contributed by atoms with Crippen molar-refractivity contribution in [2.75, 3.05) is 45.2 Å². The van der Waals surface area contributed by atoms with Gasteiger partial charge in [0.15, 0.2) is 0 Å². The number of hydrogen-bond acceptors (Lipinski definition) is 4. The number of hydrogen-bond donors (Lipinski definition) is 0. The van der Waals surface area contributed by atoms with Crippen LogP contribution in [0.2, 0.25) is 12.6 Å². The SMILES string of the molecule is Cc1cc(N2CCN(C(=O)C3CCB(C#N)CC3)CC2)ccc1C(=O)N(C)C. The van der Waals surface area contributed by atoms with Crippen LogP contribution in [0.5, 0.6) is 0 Å². The number of nitrogens with zero attached hydrogens (tertiary/aromatic N) is 4. The minimum Gasteiger partial charge on any atom is -0.368 e. The third-order valence-corrected chi connectivity index (χ3v) is 6.06. The fourth-order valence-corrected chi connectivity index (χ4v) is 4.24. The highest BCUT2D eigenvalue weighted by Gasteiger charge is 2.32. The molecule has 2 saturated heterocycles. The Hall–Kier alpha value is -2.49. The van der Waals surface area contributed by atoms with Crippen LogP contribution in [-0.2, 0) is 4.79 Å². The summed E-state index contributed by atoms with van der Waals surface area (Å²) >= 11 is 0. The quantitative estimate of drug-likeness (QED) is 0.755. The highest BCUT2D eigenvalue weighted by atomic mass is 16.2. The number of nitriles is 1. The third kappa shape index (κ3) is 4.32. The molecule has 0 bridgehead atoms. The van der Waals surface area contributed by atoms with Crippen molar-refractivity contribution in [3.8, 4) is 5.97 Å². The van der Waals surface area contributed by atoms with Crippen molar-refractivity contribution in [1.29, 1.82) is 5.26 Å². The summed E-state index contributed by atoms with van der Waals surface area (Å²) in [6.07, 6.45) is 3.39. The molecule has 1 aromatic rings. The van der Waals surface area contributed by atoms with Crippen molar-refractivity contribution in [2.45, 2.75) is 32.4 Å². The molecule has 2 heterocycles. The summed E-state index contributed by atoms with van der Waals surface area (Å²) < 4.78 is 0. The molecule has 0 atom stereocenters. The summed E-state index contributed by atoms with van der Waals surface area (Å²) in [5, 5.41) is 9.02. The maximum atomic E-state index is 12.8. The van der Waals surface area contributed by atoms with Gasteiger partial charge in [0, 0.05) is 63.4 Å². The molecule has 1 aromatic carbocycles. The summed E-state index contributed by atoms with van der Waals surface area (Å²) in [7, 11) is 3.53. The van der Waals surface area contributed by atoms with Gasteiger partial charge in [-0.05, 0) is 43.5 Å². The van der Waals surface area contributed by atoms with Crippen molar-refractivity contribution >= 4 is 24.2 Å². The second-order valence-corrected chi connectivity index (χ2v) is 8.19. The van der Waals surface area contributed by atoms with Crippen molar-refractivity contribution in [2.24, 2.45) is 5.92 Å². The van der Waals surface area contributed by atoms with E-state index in [-0.39, 0.29) is 24.4 Å². The number of carbonyl (C=O) groups excluding carboxylic acids is 2. The first-order chi connectivity index (χ1) is 13.4. The van der Waals surface area contributed by atoms with Crippen LogP contribution in [0, 0.1) is 24.1 Å². The van der Waals surface area contributed by atoms with Crippen LogP contribution in [0.4, 0.5) is 5.69 Å². The van der Waals surface area contributed by atoms with E-state index in [1.165, 1.54) is 0 Å². The predicted molar refractivity (Wildman–Crippen MR) is 112 cm³/mol. The Morgan fingerprint density at radius 2 is 1.79 bits per heavy atom. The third-order valence-electron chi connectivity index (χ3n) is 6.06. The van der Waals surface area contributed by atoms with E-state index in [2.05, 4.69) is 16.9 Å². The molecule has 3 rings (SSSR count). The van der Waals surface area contributed by atoms with E-state index in [1.807, 2.05) is 24.0 Å². The van der Waals surface area contributed by atoms with Gasteiger partial charge in [0.1, 0.15) is 0 Å². The topological polar surface area (TPSA) is 67.6 Å². The normalized spacial score (nSPS) is 18.0. The van der Waals surface area contributed by atoms with Gasteiger partial charge in [-0.3, -0.25) is 9.59 Å². The van der Waals surface area contributed by atoms with Crippen LogP contribution in [0.15, 0.2) is 18.2 Å². The second kappa shape index (κ2) is 8.68. The van der Waals surface area contributed by atoms with Crippen LogP contribution in [0.1, 0.15) is 28.8 Å². The maximum Gasteiger partial charge on any atom is 0.267 e. The highest BCUT2D eigenvalue weighted by molar-refractivity contribution is 6.67. The van der Waals surface area contributed by atoms with E-state index in [0.717, 1.165) is 68.5 Å². The standard InChI is InChI=1S/C21H29BN4O2/c1-16-14-18(4-5-19(16)21(28)24(2)3)25-10-12-26(13-11-25)20(27)17-6-8-22(15-23)9-7-17/h4-5,14,17H,6-13H2,1-3H3. The molecular weight excluding hydrogens is 351 g/mol. The van der Waals surface area contributed by atoms with E-state index < -0.39 is 0 Å². The van der Waals surface area contributed by atoms with E-state index in [9.17, 15) is 9.59 Å². The van der Waals surface area contributed by atoms with Crippen LogP contribution >= 0.6 is 0 Å². The van der Waals surface area contributed by atoms with Gasteiger partial charge in [-0.2, -0.15) is 0 Å². The Bertz CT molecular complexity index is 773. The monoisotopic (exact) mass is 380 g/mol. The number of carbonyl (C=O) groups is 2. The largest absolute Gasteiger partial charge is 0.368 e. The minimum atomic E-state index is 0.0191. The van der Waals surface area contributed by atoms with E-state index in [4.69, 9.17) is 5.26 Å². The Kier molecular flexibility index (Phi) is 6.28. The molecule has 2 aliphatic heterocycles. The van der Waals surface area contributed by atoms with Crippen LogP contribution in [0.3, 0.4) is 0 Å². The van der Waals surface area contributed by atoms with Gasteiger partial charge < -0.3 is 14.7 Å². The molecule has 0 aromatic heterocycles. The Labute approximate surface area is 168 Å². The molecule has 28 heavy (non-hydrogen) atoms. The first-order valence-electron chi connectivity index (χ1n) is 10.2. The molecular formula is C21H29BN4O2. The van der Waals surface area contributed by atoms with Gasteiger partial charge in [0.05, 0.1) is 0 Å². The molecule has 7 heteroatoms. The van der Waals surface area contributed by atoms with Crippen molar-refractivity contribution < 1.29 is 9.59 Å². The van der Waals surface area contributed by atoms with Crippen molar-refractivity contribution in [1.82, 2.24) is 9.80 Å². The van der Waals surface area contributed by atoms with Gasteiger partial charge in [-0.1, -0.05) is 12.6 Å². The molecule has 0 unspecified atom stereocenters. The van der Waals surface area contributed by atoms with Crippen molar-refractivity contribution in [3.63, 3.8) is 0 Å². The molecule has 2 fully saturated rings. The average Bonchev–Trinajstić information content (AvgIpc) is 2.72. The lowest BCUT2D eigenvalue weighted by molar-refractivity contribution is -0.136. The number of aryl methyl sites for hydroxylation is 1. The van der Waals surface area contributed by atoms with Crippen molar-refractivity contribution in [3.05, 3.63) is 29.3 Å². The van der Waals surface area contributed by atoms with Gasteiger partial charge in [-0.15, -0.1) is 0 Å². The lowest BCUT2D eigenvalue weighted by Gasteiger charge is -2.38. The van der Waals surface area contributed by atoms with Crippen LogP contribution in [-0.4, -0.2) is 68.6 Å². The second-order valence-electron chi connectivity index (χ2n) is 8.19. The average molecular weight is 380 g/mol. The Balaban J connectivity index is 1.57. The molecule has 0 N–H and O–H groups in total. The number of amides is 2. The Morgan fingerprint density at radius 1 is 1.14 bits per heavy atom. The van der Waals surface area contributed by atoms with E-state index in [0.29, 0.717) is 0 Å². The predicted octanol–water partition coefficient (Wildman–Crippen LogP) is 2.31. The number of rotatable bonds is 3. The maximum absolute atomic E-state index is 12.8. The molecule has 2 aliphatic rings. The van der Waals surface area contributed by atoms with Gasteiger partial charge in [0.25, 0.3) is 12.6 Å². The fraction of sp³-hybridized carbons (Fsp3) is 0.571. The van der Waals surface area contributed by atoms with Gasteiger partial charge >= 0.3 is 0 Å². The summed E-state index contributed by atoms with van der Waals surface area (Å²) in [4.78, 5) is 30.9. The lowest BCUT2D eigenvalue weighted by Crippen LogP contribution is -2.51.